The largest absolute Gasteiger partial charge is 0.341 e. The van der Waals surface area contributed by atoms with Crippen molar-refractivity contribution >= 4 is 23.0 Å². The molecule has 0 N–H and O–H groups in total. The Morgan fingerprint density at radius 2 is 1.81 bits per heavy atom. The number of nitrogens with zero attached hydrogens (tertiary/aromatic N) is 1. The molecule has 0 radical (unpaired) electrons. The van der Waals surface area contributed by atoms with Crippen LogP contribution in [0, 0.1) is 0 Å². The number of carbonyl (C=O) groups is 2. The number of Topliss-reactive ketones (excluding diaryl/α,β-unsaturated/α-hetero) is 1. The van der Waals surface area contributed by atoms with Gasteiger partial charge in [-0.15, -0.1) is 11.3 Å². The predicted octanol–water partition coefficient (Wildman–Crippen LogP) is 3.76. The van der Waals surface area contributed by atoms with Crippen LogP contribution in [-0.2, 0) is 11.3 Å². The van der Waals surface area contributed by atoms with Gasteiger partial charge in [-0.1, -0.05) is 36.4 Å². The molecule has 1 aromatic carbocycles. The zero-order valence-corrected chi connectivity index (χ0v) is 12.9. The first-order chi connectivity index (χ1) is 10.2. The molecule has 1 amide bonds. The van der Waals surface area contributed by atoms with E-state index in [1.807, 2.05) is 47.8 Å². The molecule has 4 heteroatoms. The molecule has 0 saturated heterocycles. The first-order valence-electron chi connectivity index (χ1n) is 7.01. The quantitative estimate of drug-likeness (QED) is 0.730. The van der Waals surface area contributed by atoms with Crippen LogP contribution in [0.25, 0.3) is 0 Å². The highest BCUT2D eigenvalue weighted by Crippen LogP contribution is 2.13. The van der Waals surface area contributed by atoms with Crippen molar-refractivity contribution in [3.8, 4) is 0 Å². The molecule has 0 aliphatic heterocycles. The third kappa shape index (κ3) is 4.83. The molecule has 21 heavy (non-hydrogen) atoms. The molecule has 0 unspecified atom stereocenters. The van der Waals surface area contributed by atoms with Crippen molar-refractivity contribution in [2.24, 2.45) is 0 Å². The monoisotopic (exact) mass is 301 g/mol. The molecule has 110 valence electrons. The molecule has 0 aliphatic carbocycles. The number of thiophene rings is 1. The number of benzene rings is 1. The lowest BCUT2D eigenvalue weighted by atomic mass is 10.1. The van der Waals surface area contributed by atoms with E-state index in [-0.39, 0.29) is 11.7 Å². The Morgan fingerprint density at radius 3 is 2.48 bits per heavy atom. The average Bonchev–Trinajstić information content (AvgIpc) is 3.02. The topological polar surface area (TPSA) is 37.4 Å². The summed E-state index contributed by atoms with van der Waals surface area (Å²) in [5.41, 5.74) is 1.11. The molecular formula is C17H19NO2S. The Bertz CT molecular complexity index is 578. The third-order valence-electron chi connectivity index (χ3n) is 3.28. The Morgan fingerprint density at radius 1 is 1.05 bits per heavy atom. The lowest BCUT2D eigenvalue weighted by Gasteiger charge is -2.17. The van der Waals surface area contributed by atoms with E-state index in [1.54, 1.807) is 11.9 Å². The predicted molar refractivity (Wildman–Crippen MR) is 85.4 cm³/mol. The van der Waals surface area contributed by atoms with Gasteiger partial charge in [0.15, 0.2) is 5.78 Å². The number of rotatable bonds is 7. The Labute approximate surface area is 129 Å². The standard InChI is InChI=1S/C17H19NO2S/c1-18(13-14-7-3-2-4-8-14)17(20)11-5-9-15(19)16-10-6-12-21-16/h2-4,6-8,10,12H,5,9,11,13H2,1H3. The highest BCUT2D eigenvalue weighted by Gasteiger charge is 2.11. The number of carbonyl (C=O) groups excluding carboxylic acids is 2. The summed E-state index contributed by atoms with van der Waals surface area (Å²) in [6, 6.07) is 13.6. The van der Waals surface area contributed by atoms with Crippen LogP contribution in [0.3, 0.4) is 0 Å². The van der Waals surface area contributed by atoms with Crippen LogP contribution in [0.1, 0.15) is 34.5 Å². The van der Waals surface area contributed by atoms with Gasteiger partial charge in [0.25, 0.3) is 0 Å². The number of amides is 1. The summed E-state index contributed by atoms with van der Waals surface area (Å²) in [5.74, 6) is 0.210. The minimum Gasteiger partial charge on any atom is -0.341 e. The van der Waals surface area contributed by atoms with Crippen molar-refractivity contribution in [1.82, 2.24) is 4.90 Å². The molecular weight excluding hydrogens is 282 g/mol. The fourth-order valence-corrected chi connectivity index (χ4v) is 2.79. The van der Waals surface area contributed by atoms with Gasteiger partial charge in [0.2, 0.25) is 5.91 Å². The summed E-state index contributed by atoms with van der Waals surface area (Å²) in [4.78, 5) is 26.4. The van der Waals surface area contributed by atoms with Crippen LogP contribution in [-0.4, -0.2) is 23.6 Å². The summed E-state index contributed by atoms with van der Waals surface area (Å²) >= 11 is 1.45. The van der Waals surface area contributed by atoms with Gasteiger partial charge in [0.1, 0.15) is 0 Å². The van der Waals surface area contributed by atoms with E-state index in [1.165, 1.54) is 11.3 Å². The lowest BCUT2D eigenvalue weighted by Crippen LogP contribution is -2.25. The van der Waals surface area contributed by atoms with Crippen LogP contribution in [0.5, 0.6) is 0 Å². The molecule has 0 atom stereocenters. The SMILES string of the molecule is CN(Cc1ccccc1)C(=O)CCCC(=O)c1cccs1. The van der Waals surface area contributed by atoms with Crippen LogP contribution < -0.4 is 0 Å². The van der Waals surface area contributed by atoms with Crippen molar-refractivity contribution in [3.63, 3.8) is 0 Å². The minimum atomic E-state index is 0.0813. The van der Waals surface area contributed by atoms with Crippen molar-refractivity contribution < 1.29 is 9.59 Å². The van der Waals surface area contributed by atoms with E-state index < -0.39 is 0 Å². The van der Waals surface area contributed by atoms with E-state index in [0.29, 0.717) is 25.8 Å². The van der Waals surface area contributed by atoms with Gasteiger partial charge in [-0.05, 0) is 23.4 Å². The second-order valence-electron chi connectivity index (χ2n) is 4.99. The smallest absolute Gasteiger partial charge is 0.222 e. The second kappa shape index (κ2) is 7.74. The number of hydrogen-bond donors (Lipinski definition) is 0. The lowest BCUT2D eigenvalue weighted by molar-refractivity contribution is -0.130. The zero-order valence-electron chi connectivity index (χ0n) is 12.1. The Hall–Kier alpha value is -1.94. The van der Waals surface area contributed by atoms with Gasteiger partial charge in [0.05, 0.1) is 4.88 Å². The van der Waals surface area contributed by atoms with Gasteiger partial charge in [-0.2, -0.15) is 0 Å². The molecule has 2 rings (SSSR count). The molecule has 3 nitrogen and oxygen atoms in total. The van der Waals surface area contributed by atoms with Gasteiger partial charge in [-0.25, -0.2) is 0 Å². The molecule has 1 heterocycles. The molecule has 0 spiro atoms. The maximum Gasteiger partial charge on any atom is 0.222 e. The molecule has 0 fully saturated rings. The Balaban J connectivity index is 1.73. The molecule has 1 aromatic heterocycles. The summed E-state index contributed by atoms with van der Waals surface area (Å²) in [7, 11) is 1.80. The van der Waals surface area contributed by atoms with Gasteiger partial charge in [0, 0.05) is 26.4 Å². The van der Waals surface area contributed by atoms with E-state index in [2.05, 4.69) is 0 Å². The highest BCUT2D eigenvalue weighted by atomic mass is 32.1. The van der Waals surface area contributed by atoms with E-state index >= 15 is 0 Å². The number of hydrogen-bond acceptors (Lipinski definition) is 3. The maximum atomic E-state index is 12.0. The second-order valence-corrected chi connectivity index (χ2v) is 5.94. The summed E-state index contributed by atoms with van der Waals surface area (Å²) in [6.07, 6.45) is 1.46. The third-order valence-corrected chi connectivity index (χ3v) is 4.19. The highest BCUT2D eigenvalue weighted by molar-refractivity contribution is 7.12. The zero-order chi connectivity index (χ0) is 15.1. The number of ketones is 1. The van der Waals surface area contributed by atoms with E-state index in [9.17, 15) is 9.59 Å². The Kier molecular flexibility index (Phi) is 5.69. The van der Waals surface area contributed by atoms with Crippen LogP contribution in [0.4, 0.5) is 0 Å². The van der Waals surface area contributed by atoms with E-state index in [4.69, 9.17) is 0 Å². The van der Waals surface area contributed by atoms with Crippen LogP contribution in [0.15, 0.2) is 47.8 Å². The van der Waals surface area contributed by atoms with Crippen molar-refractivity contribution in [1.29, 1.82) is 0 Å². The van der Waals surface area contributed by atoms with Gasteiger partial charge in [-0.3, -0.25) is 9.59 Å². The summed E-state index contributed by atoms with van der Waals surface area (Å²) in [6.45, 7) is 0.610. The fraction of sp³-hybridized carbons (Fsp3) is 0.294. The van der Waals surface area contributed by atoms with Crippen LogP contribution in [0.2, 0.25) is 0 Å². The van der Waals surface area contributed by atoms with Gasteiger partial charge >= 0.3 is 0 Å². The minimum absolute atomic E-state index is 0.0813. The molecule has 2 aromatic rings. The van der Waals surface area contributed by atoms with Gasteiger partial charge < -0.3 is 4.90 Å². The normalized spacial score (nSPS) is 10.3. The average molecular weight is 301 g/mol. The summed E-state index contributed by atoms with van der Waals surface area (Å²) in [5, 5.41) is 1.89. The first-order valence-corrected chi connectivity index (χ1v) is 7.89. The van der Waals surface area contributed by atoms with Crippen molar-refractivity contribution in [3.05, 3.63) is 58.3 Å². The van der Waals surface area contributed by atoms with Crippen LogP contribution >= 0.6 is 11.3 Å². The van der Waals surface area contributed by atoms with Crippen molar-refractivity contribution in [2.45, 2.75) is 25.8 Å². The van der Waals surface area contributed by atoms with E-state index in [0.717, 1.165) is 10.4 Å². The summed E-state index contributed by atoms with van der Waals surface area (Å²) < 4.78 is 0. The molecule has 0 saturated carbocycles. The fourth-order valence-electron chi connectivity index (χ4n) is 2.10. The maximum absolute atomic E-state index is 12.0. The molecule has 0 aliphatic rings. The molecule has 0 bridgehead atoms. The first kappa shape index (κ1) is 15.4. The van der Waals surface area contributed by atoms with Crippen molar-refractivity contribution in [2.75, 3.05) is 7.05 Å².